The van der Waals surface area contributed by atoms with Gasteiger partial charge in [-0.3, -0.25) is 19.7 Å². The summed E-state index contributed by atoms with van der Waals surface area (Å²) in [5.41, 5.74) is 0.0100. The number of non-ortho nitro benzene ring substituents is 1. The monoisotopic (exact) mass is 492 g/mol. The van der Waals surface area contributed by atoms with Crippen molar-refractivity contribution < 1.29 is 28.4 Å². The number of aromatic nitrogens is 1. The van der Waals surface area contributed by atoms with Gasteiger partial charge in [-0.2, -0.15) is 0 Å². The molecule has 1 aromatic heterocycles. The summed E-state index contributed by atoms with van der Waals surface area (Å²) in [6.07, 6.45) is 4.64. The molecular weight excluding hydrogens is 468 g/mol. The van der Waals surface area contributed by atoms with Gasteiger partial charge >= 0.3 is 0 Å². The lowest BCUT2D eigenvalue weighted by molar-refractivity contribution is -0.384. The summed E-state index contributed by atoms with van der Waals surface area (Å²) in [6, 6.07) is 3.69. The number of ether oxygens (including phenoxy) is 2. The fourth-order valence-corrected chi connectivity index (χ4v) is 4.22. The first-order valence-electron chi connectivity index (χ1n) is 11.1. The van der Waals surface area contributed by atoms with Gasteiger partial charge in [0.1, 0.15) is 6.26 Å². The Labute approximate surface area is 200 Å². The van der Waals surface area contributed by atoms with Crippen LogP contribution in [0.25, 0.3) is 0 Å². The van der Waals surface area contributed by atoms with E-state index in [0.29, 0.717) is 19.8 Å². The van der Waals surface area contributed by atoms with Crippen molar-refractivity contribution >= 4 is 29.1 Å². The molecule has 2 saturated heterocycles. The first kappa shape index (κ1) is 24.1. The molecule has 182 valence electrons. The van der Waals surface area contributed by atoms with Crippen molar-refractivity contribution in [3.63, 3.8) is 0 Å². The highest BCUT2D eigenvalue weighted by Gasteiger charge is 2.27. The molecule has 0 bridgehead atoms. The largest absolute Gasteiger partial charge is 0.446 e. The molecule has 12 heteroatoms. The van der Waals surface area contributed by atoms with E-state index in [1.807, 2.05) is 0 Å². The zero-order valence-corrected chi connectivity index (χ0v) is 19.2. The average Bonchev–Trinajstić information content (AvgIpc) is 3.60. The van der Waals surface area contributed by atoms with E-state index in [9.17, 15) is 19.7 Å². The van der Waals surface area contributed by atoms with Crippen molar-refractivity contribution in [2.45, 2.75) is 44.4 Å². The van der Waals surface area contributed by atoms with E-state index in [1.165, 1.54) is 23.3 Å². The zero-order chi connectivity index (χ0) is 24.1. The molecule has 0 radical (unpaired) electrons. The third-order valence-corrected chi connectivity index (χ3v) is 6.07. The summed E-state index contributed by atoms with van der Waals surface area (Å²) < 4.78 is 16.6. The quantitative estimate of drug-likeness (QED) is 0.416. The fourth-order valence-electron chi connectivity index (χ4n) is 3.97. The summed E-state index contributed by atoms with van der Waals surface area (Å²) in [7, 11) is 0. The molecule has 0 spiro atoms. The van der Waals surface area contributed by atoms with Gasteiger partial charge in [0.15, 0.2) is 5.69 Å². The lowest BCUT2D eigenvalue weighted by Crippen LogP contribution is -2.37. The molecule has 3 heterocycles. The normalized spacial score (nSPS) is 19.8. The number of hydrogen-bond acceptors (Lipinski definition) is 8. The molecule has 2 unspecified atom stereocenters. The minimum absolute atomic E-state index is 0.00120. The zero-order valence-electron chi connectivity index (χ0n) is 18.4. The Hall–Kier alpha value is -3.02. The Kier molecular flexibility index (Phi) is 7.76. The highest BCUT2D eigenvalue weighted by molar-refractivity contribution is 6.34. The number of rotatable bonds is 9. The molecule has 4 rings (SSSR count). The van der Waals surface area contributed by atoms with Crippen LogP contribution in [-0.4, -0.2) is 65.1 Å². The number of amides is 2. The number of halogens is 1. The topological polar surface area (TPSA) is 137 Å². The van der Waals surface area contributed by atoms with Crippen molar-refractivity contribution in [2.24, 2.45) is 0 Å². The Bertz CT molecular complexity index is 1050. The molecule has 1 aromatic carbocycles. The van der Waals surface area contributed by atoms with E-state index in [-0.39, 0.29) is 59.1 Å². The van der Waals surface area contributed by atoms with Crippen LogP contribution in [0.4, 0.5) is 5.69 Å². The van der Waals surface area contributed by atoms with Gasteiger partial charge in [-0.15, -0.1) is 0 Å². The summed E-state index contributed by atoms with van der Waals surface area (Å²) >= 11 is 6.18. The molecular formula is C22H25ClN4O7. The molecule has 2 fully saturated rings. The second-order valence-corrected chi connectivity index (χ2v) is 8.62. The average molecular weight is 493 g/mol. The van der Waals surface area contributed by atoms with Crippen LogP contribution in [0.5, 0.6) is 0 Å². The van der Waals surface area contributed by atoms with Crippen LogP contribution in [0.1, 0.15) is 52.4 Å². The van der Waals surface area contributed by atoms with E-state index < -0.39 is 10.8 Å². The molecule has 0 aliphatic carbocycles. The molecule has 2 aliphatic rings. The SMILES string of the molecule is O=C(NCC1CCCO1)c1coc(CN(CC2CCCO2)C(=O)c2ccc([N+](=O)[O-])cc2Cl)n1. The third kappa shape index (κ3) is 5.91. The van der Waals surface area contributed by atoms with Crippen LogP contribution in [0.15, 0.2) is 28.9 Å². The maximum absolute atomic E-state index is 13.3. The van der Waals surface area contributed by atoms with Gasteiger partial charge in [-0.25, -0.2) is 4.98 Å². The van der Waals surface area contributed by atoms with Crippen molar-refractivity contribution in [1.29, 1.82) is 0 Å². The fraction of sp³-hybridized carbons (Fsp3) is 0.500. The van der Waals surface area contributed by atoms with Gasteiger partial charge in [0.2, 0.25) is 5.89 Å². The molecule has 1 N–H and O–H groups in total. The van der Waals surface area contributed by atoms with Crippen molar-refractivity contribution in [2.75, 3.05) is 26.3 Å². The van der Waals surface area contributed by atoms with Gasteiger partial charge in [-0.05, 0) is 31.7 Å². The van der Waals surface area contributed by atoms with Crippen molar-refractivity contribution in [1.82, 2.24) is 15.2 Å². The molecule has 34 heavy (non-hydrogen) atoms. The first-order valence-corrected chi connectivity index (χ1v) is 11.5. The minimum Gasteiger partial charge on any atom is -0.446 e. The van der Waals surface area contributed by atoms with E-state index in [2.05, 4.69) is 10.3 Å². The van der Waals surface area contributed by atoms with E-state index in [4.69, 9.17) is 25.5 Å². The van der Waals surface area contributed by atoms with Crippen molar-refractivity contribution in [3.8, 4) is 0 Å². The number of hydrogen-bond donors (Lipinski definition) is 1. The Morgan fingerprint density at radius 2 is 1.94 bits per heavy atom. The minimum atomic E-state index is -0.581. The Balaban J connectivity index is 1.46. The third-order valence-electron chi connectivity index (χ3n) is 5.75. The number of carbonyl (C=O) groups excluding carboxylic acids is 2. The lowest BCUT2D eigenvalue weighted by Gasteiger charge is -2.24. The first-order chi connectivity index (χ1) is 16.4. The predicted octanol–water partition coefficient (Wildman–Crippen LogP) is 2.97. The smallest absolute Gasteiger partial charge is 0.273 e. The van der Waals surface area contributed by atoms with Crippen molar-refractivity contribution in [3.05, 3.63) is 56.7 Å². The molecule has 0 saturated carbocycles. The predicted molar refractivity (Wildman–Crippen MR) is 120 cm³/mol. The molecule has 2 amide bonds. The van der Waals surface area contributed by atoms with Crippen LogP contribution in [0, 0.1) is 10.1 Å². The number of nitrogens with zero attached hydrogens (tertiary/aromatic N) is 3. The Morgan fingerprint density at radius 1 is 1.21 bits per heavy atom. The number of nitro groups is 1. The van der Waals surface area contributed by atoms with Gasteiger partial charge in [0.25, 0.3) is 17.5 Å². The summed E-state index contributed by atoms with van der Waals surface area (Å²) in [6.45, 7) is 1.93. The second kappa shape index (κ2) is 10.9. The van der Waals surface area contributed by atoms with E-state index >= 15 is 0 Å². The number of carbonyl (C=O) groups is 2. The Morgan fingerprint density at radius 3 is 2.59 bits per heavy atom. The number of nitro benzene ring substituents is 1. The second-order valence-electron chi connectivity index (χ2n) is 8.21. The standard InChI is InChI=1S/C22H25ClN4O7/c23-18-9-14(27(30)31)5-6-17(18)22(29)26(11-16-4-2-8-33-16)12-20-25-19(13-34-20)21(28)24-10-15-3-1-7-32-15/h5-6,9,13,15-16H,1-4,7-8,10-12H2,(H,24,28). The highest BCUT2D eigenvalue weighted by atomic mass is 35.5. The molecule has 2 aromatic rings. The van der Waals surface area contributed by atoms with Gasteiger partial charge in [0.05, 0.1) is 34.3 Å². The maximum Gasteiger partial charge on any atom is 0.273 e. The molecule has 2 atom stereocenters. The highest BCUT2D eigenvalue weighted by Crippen LogP contribution is 2.25. The lowest BCUT2D eigenvalue weighted by atomic mass is 10.1. The van der Waals surface area contributed by atoms with Crippen LogP contribution >= 0.6 is 11.6 Å². The van der Waals surface area contributed by atoms with Crippen LogP contribution in [0.2, 0.25) is 5.02 Å². The summed E-state index contributed by atoms with van der Waals surface area (Å²) in [5.74, 6) is -0.662. The number of nitrogens with one attached hydrogen (secondary N) is 1. The molecule has 2 aliphatic heterocycles. The number of oxazole rings is 1. The van der Waals surface area contributed by atoms with Crippen LogP contribution in [-0.2, 0) is 16.0 Å². The van der Waals surface area contributed by atoms with Crippen LogP contribution < -0.4 is 5.32 Å². The molecule has 11 nitrogen and oxygen atoms in total. The van der Waals surface area contributed by atoms with Gasteiger partial charge < -0.3 is 24.1 Å². The summed E-state index contributed by atoms with van der Waals surface area (Å²) in [4.78, 5) is 41.8. The van der Waals surface area contributed by atoms with Gasteiger partial charge in [-0.1, -0.05) is 11.6 Å². The van der Waals surface area contributed by atoms with E-state index in [1.54, 1.807) is 0 Å². The van der Waals surface area contributed by atoms with Gasteiger partial charge in [0, 0.05) is 38.4 Å². The number of benzene rings is 1. The van der Waals surface area contributed by atoms with Crippen LogP contribution in [0.3, 0.4) is 0 Å². The summed E-state index contributed by atoms with van der Waals surface area (Å²) in [5, 5.41) is 13.7. The van der Waals surface area contributed by atoms with E-state index in [0.717, 1.165) is 31.7 Å². The maximum atomic E-state index is 13.3.